The molecule has 0 unspecified atom stereocenters. The lowest BCUT2D eigenvalue weighted by Gasteiger charge is -2.05. The van der Waals surface area contributed by atoms with Gasteiger partial charge >= 0.3 is 0 Å². The molecule has 294 valence electrons. The molecule has 4 aromatic carbocycles. The van der Waals surface area contributed by atoms with Gasteiger partial charge in [-0.05, 0) is 96.2 Å². The van der Waals surface area contributed by atoms with Crippen LogP contribution in [-0.4, -0.2) is 0 Å². The Morgan fingerprint density at radius 2 is 0.963 bits per heavy atom. The Hall–Kier alpha value is -4.51. The Morgan fingerprint density at radius 1 is 0.574 bits per heavy atom. The van der Waals surface area contributed by atoms with Crippen molar-refractivity contribution in [2.75, 3.05) is 0 Å². The fourth-order valence-electron chi connectivity index (χ4n) is 3.95. The van der Waals surface area contributed by atoms with Crippen LogP contribution in [0.2, 0.25) is 0 Å². The molecule has 0 amide bonds. The van der Waals surface area contributed by atoms with Crippen molar-refractivity contribution in [3.05, 3.63) is 186 Å². The van der Waals surface area contributed by atoms with Crippen LogP contribution >= 0.6 is 12.6 Å². The largest absolute Gasteiger partial charge is 0.143 e. The van der Waals surface area contributed by atoms with Gasteiger partial charge in [-0.3, -0.25) is 0 Å². The van der Waals surface area contributed by atoms with Gasteiger partial charge in [0.25, 0.3) is 0 Å². The van der Waals surface area contributed by atoms with Crippen molar-refractivity contribution in [2.45, 2.75) is 122 Å². The quantitative estimate of drug-likeness (QED) is 0.118. The summed E-state index contributed by atoms with van der Waals surface area (Å²) in [6.07, 6.45) is 12.9. The Bertz CT molecular complexity index is 1520. The van der Waals surface area contributed by atoms with Gasteiger partial charge in [-0.2, -0.15) is 0 Å². The molecule has 0 aliphatic heterocycles. The fraction of sp³-hybridized carbons (Fsp3) is 0.321. The first kappa shape index (κ1) is 56.2. The first-order chi connectivity index (χ1) is 26.2. The van der Waals surface area contributed by atoms with Crippen LogP contribution in [0, 0.1) is 39.5 Å². The van der Waals surface area contributed by atoms with E-state index in [-0.39, 0.29) is 0 Å². The van der Waals surface area contributed by atoms with Crippen LogP contribution in [0.3, 0.4) is 0 Å². The van der Waals surface area contributed by atoms with Crippen LogP contribution in [0.1, 0.15) is 111 Å². The summed E-state index contributed by atoms with van der Waals surface area (Å²) in [7, 11) is 0. The van der Waals surface area contributed by atoms with Gasteiger partial charge in [0.1, 0.15) is 0 Å². The van der Waals surface area contributed by atoms with Crippen molar-refractivity contribution in [3.8, 4) is 23.0 Å². The molecule has 54 heavy (non-hydrogen) atoms. The minimum atomic E-state index is 1.02. The summed E-state index contributed by atoms with van der Waals surface area (Å²) in [6, 6.07) is 35.6. The summed E-state index contributed by atoms with van der Waals surface area (Å²) in [5.74, 6) is 6.26. The molecule has 0 N–H and O–H groups in total. The molecule has 5 rings (SSSR count). The molecule has 0 atom stereocenters. The lowest BCUT2D eigenvalue weighted by Crippen LogP contribution is -1.87. The maximum atomic E-state index is 4.13. The van der Waals surface area contributed by atoms with Crippen LogP contribution in [0.4, 0.5) is 0 Å². The number of aryl methyl sites for hydroxylation is 4. The van der Waals surface area contributed by atoms with Gasteiger partial charge in [0.05, 0.1) is 0 Å². The second-order valence-corrected chi connectivity index (χ2v) is 11.6. The minimum absolute atomic E-state index is 1.02. The summed E-state index contributed by atoms with van der Waals surface area (Å²) >= 11 is 4.13. The van der Waals surface area contributed by atoms with Gasteiger partial charge in [-0.1, -0.05) is 210 Å². The van der Waals surface area contributed by atoms with E-state index >= 15 is 0 Å². The Labute approximate surface area is 341 Å². The maximum Gasteiger partial charge on any atom is 0.0275 e. The summed E-state index contributed by atoms with van der Waals surface area (Å²) in [5, 5.41) is 0. The normalized spacial score (nSPS) is 9.85. The second-order valence-electron chi connectivity index (χ2n) is 11.1. The van der Waals surface area contributed by atoms with E-state index in [4.69, 9.17) is 0 Å². The number of hydrogen-bond donors (Lipinski definition) is 1. The number of rotatable bonds is 2. The zero-order valence-corrected chi connectivity index (χ0v) is 37.9. The highest BCUT2D eigenvalue weighted by atomic mass is 32.1. The van der Waals surface area contributed by atoms with E-state index in [1.54, 1.807) is 0 Å². The number of allylic oxidation sites excluding steroid dienone is 8. The third-order valence-electron chi connectivity index (χ3n) is 6.57. The van der Waals surface area contributed by atoms with E-state index in [1.165, 1.54) is 44.5 Å². The average molecular weight is 745 g/mol. The molecule has 0 nitrogen and oxygen atoms in total. The van der Waals surface area contributed by atoms with Gasteiger partial charge in [0.15, 0.2) is 0 Å². The highest BCUT2D eigenvalue weighted by Crippen LogP contribution is 2.20. The Morgan fingerprint density at radius 3 is 1.26 bits per heavy atom. The lowest BCUT2D eigenvalue weighted by atomic mass is 10.00. The fourth-order valence-corrected chi connectivity index (χ4v) is 4.10. The average Bonchev–Trinajstić information content (AvgIpc) is 3.23. The van der Waals surface area contributed by atoms with Crippen molar-refractivity contribution >= 4 is 12.6 Å². The summed E-state index contributed by atoms with van der Waals surface area (Å²) in [5.41, 5.74) is 11.4. The van der Waals surface area contributed by atoms with Crippen LogP contribution < -0.4 is 0 Å². The van der Waals surface area contributed by atoms with E-state index in [0.717, 1.165) is 23.3 Å². The third kappa shape index (κ3) is 31.1. The predicted molar refractivity (Wildman–Crippen MR) is 255 cm³/mol. The van der Waals surface area contributed by atoms with Crippen LogP contribution in [0.5, 0.6) is 0 Å². The molecule has 0 saturated carbocycles. The van der Waals surface area contributed by atoms with Crippen molar-refractivity contribution in [1.29, 1.82) is 0 Å². The van der Waals surface area contributed by atoms with E-state index < -0.39 is 0 Å². The molecule has 1 aliphatic carbocycles. The van der Waals surface area contributed by atoms with E-state index in [9.17, 15) is 0 Å². The summed E-state index contributed by atoms with van der Waals surface area (Å²) in [4.78, 5) is 1.02. The lowest BCUT2D eigenvalue weighted by molar-refractivity contribution is 1.02. The minimum Gasteiger partial charge on any atom is -0.143 e. The van der Waals surface area contributed by atoms with Gasteiger partial charge < -0.3 is 0 Å². The molecule has 1 heteroatoms. The number of hydrogen-bond acceptors (Lipinski definition) is 1. The van der Waals surface area contributed by atoms with Crippen LogP contribution in [-0.2, 0) is 0 Å². The first-order valence-electron chi connectivity index (χ1n) is 19.8. The zero-order valence-electron chi connectivity index (χ0n) is 37.0. The van der Waals surface area contributed by atoms with Crippen LogP contribution in [0.25, 0.3) is 11.1 Å². The third-order valence-corrected chi connectivity index (χ3v) is 6.87. The standard InChI is InChI=1S/C15H18.C14H14.C7H8S.C7H8.4C2H6.C2H4/c1-4-14(12-8-9-13(2)3)15-10-6-5-7-11-15;1-11-3-7-13(8-4-11)14-9-5-12(2)6-10-14;1-6-2-4-7(8)5-3-6;1-7-5-3-2-4-6-7;5*1-2/h4,6,9-11H,5,7H2,1-3H3;3-10H,1-2H3;2-5,8H,1H3;2-6H,1H3;4*1-2H3;1-2H2/b14-4+;;;;;;;;. The number of thiol groups is 1. The van der Waals surface area contributed by atoms with Crippen molar-refractivity contribution in [2.24, 2.45) is 0 Å². The SMILES string of the molecule is C/C=C(\C#CC=C(C)C)C1=CCCC=C1.C=C.CC.CC.CC.CC.Cc1ccc(-c2ccc(C)cc2)cc1.Cc1ccc(S)cc1.Cc1ccccc1. The summed E-state index contributed by atoms with van der Waals surface area (Å²) in [6.45, 7) is 36.5. The van der Waals surface area contributed by atoms with E-state index in [2.05, 4.69) is 164 Å². The highest BCUT2D eigenvalue weighted by Gasteiger charge is 2.00. The highest BCUT2D eigenvalue weighted by molar-refractivity contribution is 7.80. The Kier molecular flexibility index (Phi) is 43.0. The van der Waals surface area contributed by atoms with E-state index in [1.807, 2.05) is 111 Å². The zero-order chi connectivity index (χ0) is 42.2. The molecular formula is C53H76S. The molecular weight excluding hydrogens is 669 g/mol. The van der Waals surface area contributed by atoms with E-state index in [0.29, 0.717) is 0 Å². The molecule has 0 fully saturated rings. The monoisotopic (exact) mass is 745 g/mol. The van der Waals surface area contributed by atoms with Crippen molar-refractivity contribution in [1.82, 2.24) is 0 Å². The molecule has 0 saturated heterocycles. The second kappa shape index (κ2) is 41.2. The molecule has 4 aromatic rings. The molecule has 0 spiro atoms. The van der Waals surface area contributed by atoms with Crippen molar-refractivity contribution < 1.29 is 0 Å². The molecule has 0 aromatic heterocycles. The van der Waals surface area contributed by atoms with Crippen LogP contribution in [0.15, 0.2) is 168 Å². The smallest absolute Gasteiger partial charge is 0.0275 e. The maximum absolute atomic E-state index is 4.13. The van der Waals surface area contributed by atoms with Gasteiger partial charge in [0.2, 0.25) is 0 Å². The molecule has 0 radical (unpaired) electrons. The van der Waals surface area contributed by atoms with Gasteiger partial charge in [-0.25, -0.2) is 0 Å². The predicted octanol–water partition coefficient (Wildman–Crippen LogP) is 17.3. The summed E-state index contributed by atoms with van der Waals surface area (Å²) < 4.78 is 0. The number of benzene rings is 4. The topological polar surface area (TPSA) is 0 Å². The Balaban J connectivity index is -0.000000295. The van der Waals surface area contributed by atoms with Gasteiger partial charge in [0, 0.05) is 10.5 Å². The molecule has 1 aliphatic rings. The van der Waals surface area contributed by atoms with Crippen molar-refractivity contribution in [3.63, 3.8) is 0 Å². The van der Waals surface area contributed by atoms with Gasteiger partial charge in [-0.15, -0.1) is 25.8 Å². The molecule has 0 heterocycles. The first-order valence-corrected chi connectivity index (χ1v) is 20.2. The molecule has 0 bridgehead atoms.